The van der Waals surface area contributed by atoms with Crippen molar-refractivity contribution >= 4 is 22.7 Å². The van der Waals surface area contributed by atoms with Crippen molar-refractivity contribution in [3.05, 3.63) is 43.0 Å². The number of nitrogens with zero attached hydrogens (tertiary/aromatic N) is 4. The smallest absolute Gasteiger partial charge is 0.167 e. The maximum absolute atomic E-state index is 10.3. The highest BCUT2D eigenvalue weighted by molar-refractivity contribution is 5.85. The summed E-state index contributed by atoms with van der Waals surface area (Å²) in [4.78, 5) is 12.8. The molecule has 0 saturated carbocycles. The van der Waals surface area contributed by atoms with E-state index in [1.807, 2.05) is 30.3 Å². The molecule has 0 bridgehead atoms. The molecule has 1 aliphatic heterocycles. The molecule has 5 N–H and O–H groups in total. The summed E-state index contributed by atoms with van der Waals surface area (Å²) < 4.78 is 7.24. The summed E-state index contributed by atoms with van der Waals surface area (Å²) in [5.74, 6) is 0.540. The lowest BCUT2D eigenvalue weighted by atomic mass is 10.1. The van der Waals surface area contributed by atoms with E-state index >= 15 is 0 Å². The van der Waals surface area contributed by atoms with Gasteiger partial charge in [0.05, 0.1) is 6.33 Å². The third-order valence-electron chi connectivity index (χ3n) is 4.24. The maximum atomic E-state index is 10.3. The number of imidazole rings is 1. The van der Waals surface area contributed by atoms with Gasteiger partial charge in [-0.2, -0.15) is 0 Å². The van der Waals surface area contributed by atoms with Gasteiger partial charge in [-0.25, -0.2) is 15.0 Å². The molecule has 4 rings (SSSR count). The van der Waals surface area contributed by atoms with E-state index in [-0.39, 0.29) is 6.54 Å². The second-order valence-corrected chi connectivity index (χ2v) is 5.82. The average molecular weight is 342 g/mol. The Morgan fingerprint density at radius 1 is 1.12 bits per heavy atom. The Balaban J connectivity index is 1.70. The molecule has 1 aliphatic rings. The highest BCUT2D eigenvalue weighted by Crippen LogP contribution is 2.32. The number of aromatic nitrogens is 4. The van der Waals surface area contributed by atoms with Gasteiger partial charge in [0.2, 0.25) is 0 Å². The monoisotopic (exact) mass is 342 g/mol. The van der Waals surface area contributed by atoms with Crippen molar-refractivity contribution in [1.82, 2.24) is 19.5 Å². The predicted molar refractivity (Wildman–Crippen MR) is 90.0 cm³/mol. The van der Waals surface area contributed by atoms with Crippen LogP contribution < -0.4 is 11.1 Å². The molecule has 9 nitrogen and oxygen atoms in total. The summed E-state index contributed by atoms with van der Waals surface area (Å²) in [7, 11) is 0. The van der Waals surface area contributed by atoms with Gasteiger partial charge in [-0.15, -0.1) is 0 Å². The van der Waals surface area contributed by atoms with E-state index in [9.17, 15) is 10.2 Å². The summed E-state index contributed by atoms with van der Waals surface area (Å²) in [5, 5.41) is 23.5. The Labute approximate surface area is 143 Å². The van der Waals surface area contributed by atoms with Gasteiger partial charge in [0, 0.05) is 12.2 Å². The standard InChI is InChI=1S/C16H18N6O3/c17-6-10-12(23)13(24)16(25-10)22-8-20-11-14(18-7-19-15(11)22)21-9-4-2-1-3-5-9/h1-5,7-8,10,12-13,16,23-24H,6,17H2,(H,18,19,21)/t10-,12-,13-,16-/m1/s1. The van der Waals surface area contributed by atoms with Gasteiger partial charge < -0.3 is 26.0 Å². The molecule has 9 heteroatoms. The molecule has 4 atom stereocenters. The molecule has 1 fully saturated rings. The van der Waals surface area contributed by atoms with Crippen molar-refractivity contribution in [2.24, 2.45) is 5.73 Å². The number of benzene rings is 1. The molecule has 0 amide bonds. The first-order valence-corrected chi connectivity index (χ1v) is 7.90. The van der Waals surface area contributed by atoms with Crippen molar-refractivity contribution in [1.29, 1.82) is 0 Å². The number of aliphatic hydroxyl groups excluding tert-OH is 2. The van der Waals surface area contributed by atoms with Crippen LogP contribution in [-0.4, -0.2) is 54.6 Å². The van der Waals surface area contributed by atoms with Gasteiger partial charge in [0.25, 0.3) is 0 Å². The number of nitrogens with two attached hydrogens (primary N) is 1. The Bertz CT molecular complexity index is 871. The molecule has 2 aromatic heterocycles. The zero-order valence-electron chi connectivity index (χ0n) is 13.2. The molecular formula is C16H18N6O3. The number of hydrogen-bond donors (Lipinski definition) is 4. The molecular weight excluding hydrogens is 324 g/mol. The Morgan fingerprint density at radius 2 is 1.92 bits per heavy atom. The number of ether oxygens (including phenoxy) is 1. The van der Waals surface area contributed by atoms with Crippen LogP contribution >= 0.6 is 0 Å². The highest BCUT2D eigenvalue weighted by atomic mass is 16.6. The predicted octanol–water partition coefficient (Wildman–Crippen LogP) is 0.148. The lowest BCUT2D eigenvalue weighted by molar-refractivity contribution is -0.0322. The molecule has 25 heavy (non-hydrogen) atoms. The van der Waals surface area contributed by atoms with Gasteiger partial charge in [-0.05, 0) is 12.1 Å². The summed E-state index contributed by atoms with van der Waals surface area (Å²) >= 11 is 0. The second kappa shape index (κ2) is 6.37. The second-order valence-electron chi connectivity index (χ2n) is 5.82. The van der Waals surface area contributed by atoms with Gasteiger partial charge >= 0.3 is 0 Å². The van der Waals surface area contributed by atoms with E-state index in [1.165, 1.54) is 12.7 Å². The zero-order valence-corrected chi connectivity index (χ0v) is 13.2. The summed E-state index contributed by atoms with van der Waals surface area (Å²) in [5.41, 5.74) is 7.46. The minimum atomic E-state index is -1.12. The normalized spacial score (nSPS) is 26.2. The van der Waals surface area contributed by atoms with Gasteiger partial charge in [0.15, 0.2) is 23.2 Å². The quantitative estimate of drug-likeness (QED) is 0.527. The molecule has 130 valence electrons. The molecule has 0 radical (unpaired) electrons. The largest absolute Gasteiger partial charge is 0.387 e. The van der Waals surface area contributed by atoms with Crippen LogP contribution in [0.4, 0.5) is 11.5 Å². The van der Waals surface area contributed by atoms with Crippen LogP contribution in [0.25, 0.3) is 11.2 Å². The van der Waals surface area contributed by atoms with Crippen LogP contribution in [-0.2, 0) is 4.74 Å². The zero-order chi connectivity index (χ0) is 17.4. The Hall–Kier alpha value is -2.59. The summed E-state index contributed by atoms with van der Waals surface area (Å²) in [6.07, 6.45) is -0.712. The van der Waals surface area contributed by atoms with Crippen molar-refractivity contribution in [3.8, 4) is 0 Å². The van der Waals surface area contributed by atoms with Crippen LogP contribution in [0.2, 0.25) is 0 Å². The fourth-order valence-corrected chi connectivity index (χ4v) is 2.94. The molecule has 1 aromatic carbocycles. The van der Waals surface area contributed by atoms with Gasteiger partial charge in [-0.1, -0.05) is 18.2 Å². The lowest BCUT2D eigenvalue weighted by Gasteiger charge is -2.16. The molecule has 1 saturated heterocycles. The summed E-state index contributed by atoms with van der Waals surface area (Å²) in [6, 6.07) is 9.58. The van der Waals surface area contributed by atoms with E-state index < -0.39 is 24.5 Å². The van der Waals surface area contributed by atoms with Crippen LogP contribution in [0.15, 0.2) is 43.0 Å². The minimum absolute atomic E-state index is 0.108. The highest BCUT2D eigenvalue weighted by Gasteiger charge is 2.43. The minimum Gasteiger partial charge on any atom is -0.387 e. The van der Waals surface area contributed by atoms with E-state index in [0.29, 0.717) is 17.0 Å². The van der Waals surface area contributed by atoms with Crippen molar-refractivity contribution in [2.45, 2.75) is 24.5 Å². The van der Waals surface area contributed by atoms with E-state index in [0.717, 1.165) is 5.69 Å². The Morgan fingerprint density at radius 3 is 2.64 bits per heavy atom. The fourth-order valence-electron chi connectivity index (χ4n) is 2.94. The van der Waals surface area contributed by atoms with Crippen LogP contribution in [0.3, 0.4) is 0 Å². The van der Waals surface area contributed by atoms with Gasteiger partial charge in [-0.3, -0.25) is 4.57 Å². The first-order valence-electron chi connectivity index (χ1n) is 7.90. The van der Waals surface area contributed by atoms with E-state index in [2.05, 4.69) is 20.3 Å². The number of anilines is 2. The fraction of sp³-hybridized carbons (Fsp3) is 0.312. The summed E-state index contributed by atoms with van der Waals surface area (Å²) in [6.45, 7) is 0.108. The molecule has 0 aliphatic carbocycles. The molecule has 3 heterocycles. The first kappa shape index (κ1) is 15.9. The third-order valence-corrected chi connectivity index (χ3v) is 4.24. The van der Waals surface area contributed by atoms with E-state index in [4.69, 9.17) is 10.5 Å². The van der Waals surface area contributed by atoms with Crippen molar-refractivity contribution in [2.75, 3.05) is 11.9 Å². The Kier molecular flexibility index (Phi) is 4.06. The van der Waals surface area contributed by atoms with E-state index in [1.54, 1.807) is 4.57 Å². The number of fused-ring (bicyclic) bond motifs is 1. The molecule has 0 unspecified atom stereocenters. The number of nitrogens with one attached hydrogen (secondary N) is 1. The first-order chi connectivity index (χ1) is 12.2. The van der Waals surface area contributed by atoms with Crippen LogP contribution in [0.5, 0.6) is 0 Å². The molecule has 0 spiro atoms. The van der Waals surface area contributed by atoms with Crippen LogP contribution in [0.1, 0.15) is 6.23 Å². The average Bonchev–Trinajstić information content (AvgIpc) is 3.18. The SMILES string of the molecule is NC[C@H]1O[C@@H](n2cnc3c(Nc4ccccc4)ncnc32)[C@H](O)[C@@H]1O. The third kappa shape index (κ3) is 2.72. The maximum Gasteiger partial charge on any atom is 0.167 e. The molecule has 3 aromatic rings. The topological polar surface area (TPSA) is 131 Å². The van der Waals surface area contributed by atoms with Crippen molar-refractivity contribution in [3.63, 3.8) is 0 Å². The lowest BCUT2D eigenvalue weighted by Crippen LogP contribution is -2.35. The van der Waals surface area contributed by atoms with Crippen molar-refractivity contribution < 1.29 is 14.9 Å². The number of aliphatic hydroxyl groups is 2. The number of rotatable bonds is 4. The van der Waals surface area contributed by atoms with Gasteiger partial charge in [0.1, 0.15) is 24.6 Å². The van der Waals surface area contributed by atoms with Crippen LogP contribution in [0, 0.1) is 0 Å². The number of para-hydroxylation sites is 1. The number of hydrogen-bond acceptors (Lipinski definition) is 8.